The summed E-state index contributed by atoms with van der Waals surface area (Å²) in [4.78, 5) is 14.8. The number of aliphatic hydroxyl groups excluding tert-OH is 2. The van der Waals surface area contributed by atoms with Gasteiger partial charge in [-0.25, -0.2) is 0 Å². The second kappa shape index (κ2) is 8.65. The molecule has 9 heteroatoms. The van der Waals surface area contributed by atoms with Crippen LogP contribution in [0.15, 0.2) is 18.2 Å². The van der Waals surface area contributed by atoms with Gasteiger partial charge in [0.05, 0.1) is 43.6 Å². The van der Waals surface area contributed by atoms with E-state index >= 15 is 0 Å². The monoisotopic (exact) mass is 406 g/mol. The molecule has 9 nitrogen and oxygen atoms in total. The lowest BCUT2D eigenvalue weighted by Crippen LogP contribution is -2.66. The maximum absolute atomic E-state index is 13.6. The number of hydrogen-bond donors (Lipinski definition) is 3. The predicted molar refractivity (Wildman–Crippen MR) is 101 cm³/mol. The summed E-state index contributed by atoms with van der Waals surface area (Å²) in [5.74, 6) is -2.80. The standard InChI is InChI=1S/C20H26N2O7/c1-27-15-8-12(10-21)7-13(9-15)22(16-4-5-17(16)24)19(25)20(26)18(28-2)6-3-14(11-23)29-20/h7-9,14,16-18,23-24,26H,3-6,11H2,1-2H3/t14?,16-,17-,18?,20?/m1/s1. The maximum Gasteiger partial charge on any atom is 0.290 e. The molecule has 0 aromatic heterocycles. The third kappa shape index (κ3) is 3.95. The average Bonchev–Trinajstić information content (AvgIpc) is 2.74. The minimum absolute atomic E-state index is 0.263. The van der Waals surface area contributed by atoms with E-state index in [0.29, 0.717) is 37.1 Å². The van der Waals surface area contributed by atoms with Gasteiger partial charge in [0.1, 0.15) is 11.9 Å². The van der Waals surface area contributed by atoms with Crippen molar-refractivity contribution in [3.05, 3.63) is 23.8 Å². The third-order valence-electron chi connectivity index (χ3n) is 5.62. The highest BCUT2D eigenvalue weighted by Crippen LogP contribution is 2.38. The molecule has 1 heterocycles. The minimum atomic E-state index is -2.34. The molecule has 29 heavy (non-hydrogen) atoms. The molecule has 0 radical (unpaired) electrons. The fourth-order valence-corrected chi connectivity index (χ4v) is 3.82. The summed E-state index contributed by atoms with van der Waals surface area (Å²) in [6.07, 6.45) is -0.681. The van der Waals surface area contributed by atoms with E-state index in [1.54, 1.807) is 6.07 Å². The highest BCUT2D eigenvalue weighted by molar-refractivity contribution is 6.00. The van der Waals surface area contributed by atoms with E-state index in [1.807, 2.05) is 6.07 Å². The van der Waals surface area contributed by atoms with Gasteiger partial charge in [0, 0.05) is 18.9 Å². The third-order valence-corrected chi connectivity index (χ3v) is 5.62. The number of aliphatic hydroxyl groups is 3. The van der Waals surface area contributed by atoms with Gasteiger partial charge in [-0.3, -0.25) is 4.79 Å². The molecule has 3 unspecified atom stereocenters. The molecular weight excluding hydrogens is 380 g/mol. The van der Waals surface area contributed by atoms with Crippen molar-refractivity contribution in [1.29, 1.82) is 5.26 Å². The molecular formula is C20H26N2O7. The van der Waals surface area contributed by atoms with Crippen LogP contribution in [0.5, 0.6) is 5.75 Å². The molecule has 5 atom stereocenters. The van der Waals surface area contributed by atoms with Gasteiger partial charge in [-0.05, 0) is 37.8 Å². The van der Waals surface area contributed by atoms with Crippen molar-refractivity contribution in [3.8, 4) is 11.8 Å². The summed E-state index contributed by atoms with van der Waals surface area (Å²) in [7, 11) is 2.81. The Morgan fingerprint density at radius 3 is 2.59 bits per heavy atom. The maximum atomic E-state index is 13.6. The Balaban J connectivity index is 2.05. The van der Waals surface area contributed by atoms with Gasteiger partial charge in [-0.15, -0.1) is 0 Å². The number of ether oxygens (including phenoxy) is 3. The van der Waals surface area contributed by atoms with Crippen LogP contribution in [-0.2, 0) is 14.3 Å². The number of amides is 1. The Morgan fingerprint density at radius 1 is 1.31 bits per heavy atom. The van der Waals surface area contributed by atoms with E-state index in [-0.39, 0.29) is 12.2 Å². The highest BCUT2D eigenvalue weighted by atomic mass is 16.7. The smallest absolute Gasteiger partial charge is 0.290 e. The zero-order valence-electron chi connectivity index (χ0n) is 16.4. The molecule has 3 rings (SSSR count). The molecule has 0 spiro atoms. The number of nitriles is 1. The molecule has 158 valence electrons. The number of carbonyl (C=O) groups is 1. The Hall–Kier alpha value is -2.22. The first kappa shape index (κ1) is 21.5. The fraction of sp³-hybridized carbons (Fsp3) is 0.600. The van der Waals surface area contributed by atoms with Crippen molar-refractivity contribution in [2.75, 3.05) is 25.7 Å². The molecule has 1 aromatic rings. The summed E-state index contributed by atoms with van der Waals surface area (Å²) in [5.41, 5.74) is 0.562. The quantitative estimate of drug-likeness (QED) is 0.614. The summed E-state index contributed by atoms with van der Waals surface area (Å²) in [5, 5.41) is 40.3. The lowest BCUT2D eigenvalue weighted by Gasteiger charge is -2.47. The molecule has 1 aliphatic heterocycles. The number of rotatable bonds is 6. The van der Waals surface area contributed by atoms with Crippen LogP contribution in [-0.4, -0.2) is 72.2 Å². The van der Waals surface area contributed by atoms with Crippen molar-refractivity contribution in [2.24, 2.45) is 0 Å². The normalized spacial score (nSPS) is 31.4. The topological polar surface area (TPSA) is 132 Å². The van der Waals surface area contributed by atoms with E-state index < -0.39 is 36.0 Å². The number of hydrogen-bond acceptors (Lipinski definition) is 8. The van der Waals surface area contributed by atoms with Gasteiger partial charge >= 0.3 is 0 Å². The van der Waals surface area contributed by atoms with E-state index in [9.17, 15) is 25.4 Å². The van der Waals surface area contributed by atoms with Crippen molar-refractivity contribution in [2.45, 2.75) is 55.8 Å². The fourth-order valence-electron chi connectivity index (χ4n) is 3.82. The first-order chi connectivity index (χ1) is 13.9. The SMILES string of the molecule is COc1cc(C#N)cc(N(C(=O)C2(O)OC(CO)CCC2OC)[C@@H]2CC[C@H]2O)c1. The summed E-state index contributed by atoms with van der Waals surface area (Å²) in [6, 6.07) is 5.99. The van der Waals surface area contributed by atoms with Gasteiger partial charge in [0.2, 0.25) is 0 Å². The Bertz CT molecular complexity index is 796. The van der Waals surface area contributed by atoms with Crippen LogP contribution < -0.4 is 9.64 Å². The van der Waals surface area contributed by atoms with Crippen LogP contribution >= 0.6 is 0 Å². The first-order valence-electron chi connectivity index (χ1n) is 9.52. The van der Waals surface area contributed by atoms with Crippen molar-refractivity contribution in [1.82, 2.24) is 0 Å². The number of carbonyl (C=O) groups excluding carboxylic acids is 1. The molecule has 1 amide bonds. The molecule has 1 aromatic carbocycles. The number of benzene rings is 1. The van der Waals surface area contributed by atoms with E-state index in [1.165, 1.54) is 31.3 Å². The Kier molecular flexibility index (Phi) is 6.41. The molecule has 0 bridgehead atoms. The number of nitrogens with zero attached hydrogens (tertiary/aromatic N) is 2. The molecule has 2 fully saturated rings. The Morgan fingerprint density at radius 2 is 2.07 bits per heavy atom. The van der Waals surface area contributed by atoms with Crippen LogP contribution in [0.4, 0.5) is 5.69 Å². The van der Waals surface area contributed by atoms with Crippen molar-refractivity contribution in [3.63, 3.8) is 0 Å². The number of methoxy groups -OCH3 is 2. The summed E-state index contributed by atoms with van der Waals surface area (Å²) >= 11 is 0. The van der Waals surface area contributed by atoms with Gasteiger partial charge < -0.3 is 34.4 Å². The van der Waals surface area contributed by atoms with E-state index in [0.717, 1.165) is 0 Å². The zero-order valence-corrected chi connectivity index (χ0v) is 16.4. The highest BCUT2D eigenvalue weighted by Gasteiger charge is 2.55. The lowest BCUT2D eigenvalue weighted by atomic mass is 9.86. The van der Waals surface area contributed by atoms with E-state index in [4.69, 9.17) is 14.2 Å². The van der Waals surface area contributed by atoms with Crippen LogP contribution in [0.25, 0.3) is 0 Å². The molecule has 2 aliphatic rings. The second-order valence-corrected chi connectivity index (χ2v) is 7.34. The Labute approximate surface area is 169 Å². The molecule has 1 aliphatic carbocycles. The number of anilines is 1. The van der Waals surface area contributed by atoms with Crippen molar-refractivity contribution >= 4 is 11.6 Å². The summed E-state index contributed by atoms with van der Waals surface area (Å²) < 4.78 is 16.1. The van der Waals surface area contributed by atoms with Gasteiger partial charge in [-0.1, -0.05) is 0 Å². The second-order valence-electron chi connectivity index (χ2n) is 7.34. The van der Waals surface area contributed by atoms with Crippen molar-refractivity contribution < 1.29 is 34.3 Å². The predicted octanol–water partition coefficient (Wildman–Crippen LogP) is 0.298. The minimum Gasteiger partial charge on any atom is -0.497 e. The van der Waals surface area contributed by atoms with Crippen LogP contribution in [0, 0.1) is 11.3 Å². The largest absolute Gasteiger partial charge is 0.497 e. The van der Waals surface area contributed by atoms with Gasteiger partial charge in [0.25, 0.3) is 11.7 Å². The molecule has 1 saturated carbocycles. The van der Waals surface area contributed by atoms with Gasteiger partial charge in [0.15, 0.2) is 0 Å². The zero-order chi connectivity index (χ0) is 21.2. The molecule has 1 saturated heterocycles. The first-order valence-corrected chi connectivity index (χ1v) is 9.52. The average molecular weight is 406 g/mol. The van der Waals surface area contributed by atoms with Crippen LogP contribution in [0.2, 0.25) is 0 Å². The van der Waals surface area contributed by atoms with Gasteiger partial charge in [-0.2, -0.15) is 5.26 Å². The summed E-state index contributed by atoms with van der Waals surface area (Å²) in [6.45, 7) is -0.351. The lowest BCUT2D eigenvalue weighted by molar-refractivity contribution is -0.289. The van der Waals surface area contributed by atoms with Crippen LogP contribution in [0.3, 0.4) is 0 Å². The van der Waals surface area contributed by atoms with Crippen LogP contribution in [0.1, 0.15) is 31.2 Å². The molecule has 3 N–H and O–H groups in total. The van der Waals surface area contributed by atoms with E-state index in [2.05, 4.69) is 0 Å².